The molecule has 3 aromatic rings. The summed E-state index contributed by atoms with van der Waals surface area (Å²) >= 11 is 3.08. The van der Waals surface area contributed by atoms with E-state index in [-0.39, 0.29) is 5.91 Å². The second kappa shape index (κ2) is 8.28. The molecule has 0 saturated heterocycles. The molecule has 8 heteroatoms. The second-order valence-electron chi connectivity index (χ2n) is 6.24. The molecule has 2 aromatic heterocycles. The lowest BCUT2D eigenvalue weighted by Gasteiger charge is -2.30. The Hall–Kier alpha value is -2.45. The molecule has 144 valence electrons. The van der Waals surface area contributed by atoms with Gasteiger partial charge in [0, 0.05) is 17.5 Å². The summed E-state index contributed by atoms with van der Waals surface area (Å²) in [7, 11) is 0. The number of rotatable bonds is 5. The number of thiophene rings is 1. The molecular formula is C20H20N4O2S2. The molecule has 6 nitrogen and oxygen atoms in total. The van der Waals surface area contributed by atoms with Crippen molar-refractivity contribution in [1.29, 1.82) is 0 Å². The van der Waals surface area contributed by atoms with Crippen LogP contribution in [0.5, 0.6) is 5.88 Å². The molecule has 0 spiro atoms. The van der Waals surface area contributed by atoms with Crippen molar-refractivity contribution in [1.82, 2.24) is 15.2 Å². The fourth-order valence-electron chi connectivity index (χ4n) is 3.14. The van der Waals surface area contributed by atoms with Gasteiger partial charge in [-0.1, -0.05) is 43.8 Å². The normalized spacial score (nSPS) is 15.4. The van der Waals surface area contributed by atoms with Gasteiger partial charge in [0.15, 0.2) is 5.69 Å². The molecule has 1 aliphatic heterocycles. The smallest absolute Gasteiger partial charge is 0.247 e. The molecule has 1 aliphatic rings. The van der Waals surface area contributed by atoms with Crippen molar-refractivity contribution in [3.63, 3.8) is 0 Å². The zero-order valence-corrected chi connectivity index (χ0v) is 17.3. The highest BCUT2D eigenvalue weighted by atomic mass is 32.2. The van der Waals surface area contributed by atoms with Gasteiger partial charge in [-0.15, -0.1) is 10.2 Å². The second-order valence-corrected chi connectivity index (χ2v) is 8.25. The van der Waals surface area contributed by atoms with Crippen molar-refractivity contribution >= 4 is 34.7 Å². The first kappa shape index (κ1) is 18.9. The van der Waals surface area contributed by atoms with Gasteiger partial charge >= 0.3 is 0 Å². The summed E-state index contributed by atoms with van der Waals surface area (Å²) in [6.45, 7) is 4.03. The topological polar surface area (TPSA) is 68.2 Å². The zero-order chi connectivity index (χ0) is 19.5. The van der Waals surface area contributed by atoms with E-state index in [1.807, 2.05) is 54.9 Å². The SMILES string of the molecule is CCCC(=O)N1c2ccccc2-c2nnc(SCC)nc2OC1c1ccsc1. The van der Waals surface area contributed by atoms with Gasteiger partial charge in [0.25, 0.3) is 0 Å². The molecule has 1 amide bonds. The van der Waals surface area contributed by atoms with Crippen LogP contribution in [0.4, 0.5) is 5.69 Å². The molecule has 3 heterocycles. The summed E-state index contributed by atoms with van der Waals surface area (Å²) in [5, 5.41) is 13.2. The third-order valence-corrected chi connectivity index (χ3v) is 5.77. The summed E-state index contributed by atoms with van der Waals surface area (Å²) in [6.07, 6.45) is 0.602. The van der Waals surface area contributed by atoms with Gasteiger partial charge in [0.2, 0.25) is 23.2 Å². The van der Waals surface area contributed by atoms with Crippen LogP contribution in [-0.2, 0) is 4.79 Å². The van der Waals surface area contributed by atoms with Crippen molar-refractivity contribution in [3.05, 3.63) is 46.7 Å². The summed E-state index contributed by atoms with van der Waals surface area (Å²) in [5.74, 6) is 1.25. The number of carbonyl (C=O) groups is 1. The largest absolute Gasteiger partial charge is 0.447 e. The van der Waals surface area contributed by atoms with E-state index in [4.69, 9.17) is 4.74 Å². The van der Waals surface area contributed by atoms with Crippen molar-refractivity contribution in [2.45, 2.75) is 38.1 Å². The predicted octanol–water partition coefficient (Wildman–Crippen LogP) is 4.94. The molecule has 0 fully saturated rings. The van der Waals surface area contributed by atoms with Gasteiger partial charge in [-0.05, 0) is 35.1 Å². The highest BCUT2D eigenvalue weighted by Gasteiger charge is 2.35. The third kappa shape index (κ3) is 3.49. The number of thioether (sulfide) groups is 1. The lowest BCUT2D eigenvalue weighted by Crippen LogP contribution is -2.37. The van der Waals surface area contributed by atoms with Crippen molar-refractivity contribution in [2.24, 2.45) is 0 Å². The Morgan fingerprint density at radius 1 is 1.25 bits per heavy atom. The molecule has 4 rings (SSSR count). The summed E-state index contributed by atoms with van der Waals surface area (Å²) in [6, 6.07) is 9.68. The van der Waals surface area contributed by atoms with E-state index in [2.05, 4.69) is 15.2 Å². The Kier molecular flexibility index (Phi) is 5.59. The molecule has 0 radical (unpaired) electrons. The number of hydrogen-bond donors (Lipinski definition) is 0. The molecule has 0 saturated carbocycles. The minimum Gasteiger partial charge on any atom is -0.447 e. The van der Waals surface area contributed by atoms with E-state index in [1.54, 1.807) is 16.2 Å². The van der Waals surface area contributed by atoms with Crippen LogP contribution in [0.3, 0.4) is 0 Å². The average molecular weight is 413 g/mol. The average Bonchev–Trinajstić information content (AvgIpc) is 3.19. The minimum atomic E-state index is -0.594. The molecule has 28 heavy (non-hydrogen) atoms. The Morgan fingerprint density at radius 3 is 2.86 bits per heavy atom. The lowest BCUT2D eigenvalue weighted by atomic mass is 10.1. The van der Waals surface area contributed by atoms with Crippen molar-refractivity contribution in [3.8, 4) is 17.1 Å². The Balaban J connectivity index is 1.92. The van der Waals surface area contributed by atoms with Crippen LogP contribution in [-0.4, -0.2) is 26.8 Å². The van der Waals surface area contributed by atoms with Gasteiger partial charge in [-0.25, -0.2) is 0 Å². The first-order chi connectivity index (χ1) is 13.7. The highest BCUT2D eigenvalue weighted by Crippen LogP contribution is 2.43. The van der Waals surface area contributed by atoms with Crippen LogP contribution in [0.15, 0.2) is 46.2 Å². The maximum Gasteiger partial charge on any atom is 0.247 e. The van der Waals surface area contributed by atoms with Crippen LogP contribution in [0.2, 0.25) is 0 Å². The predicted molar refractivity (Wildman–Crippen MR) is 112 cm³/mol. The Morgan fingerprint density at radius 2 is 2.11 bits per heavy atom. The fourth-order valence-corrected chi connectivity index (χ4v) is 4.31. The summed E-state index contributed by atoms with van der Waals surface area (Å²) in [4.78, 5) is 19.5. The highest BCUT2D eigenvalue weighted by molar-refractivity contribution is 7.99. The third-order valence-electron chi connectivity index (χ3n) is 4.35. The number of anilines is 1. The van der Waals surface area contributed by atoms with Gasteiger partial charge in [-0.2, -0.15) is 16.3 Å². The monoisotopic (exact) mass is 412 g/mol. The van der Waals surface area contributed by atoms with E-state index in [1.165, 1.54) is 11.8 Å². The van der Waals surface area contributed by atoms with Gasteiger partial charge < -0.3 is 4.74 Å². The van der Waals surface area contributed by atoms with E-state index in [9.17, 15) is 4.79 Å². The Labute approximate surface area is 172 Å². The number of para-hydroxylation sites is 1. The first-order valence-corrected chi connectivity index (χ1v) is 11.1. The number of fused-ring (bicyclic) bond motifs is 3. The van der Waals surface area contributed by atoms with E-state index >= 15 is 0 Å². The summed E-state index contributed by atoms with van der Waals surface area (Å²) < 4.78 is 6.34. The molecular weight excluding hydrogens is 392 g/mol. The number of carbonyl (C=O) groups excluding carboxylic acids is 1. The number of ether oxygens (including phenoxy) is 1. The number of nitrogens with zero attached hydrogens (tertiary/aromatic N) is 4. The maximum atomic E-state index is 13.1. The van der Waals surface area contributed by atoms with Crippen LogP contribution < -0.4 is 9.64 Å². The number of aromatic nitrogens is 3. The Bertz CT molecular complexity index is 978. The van der Waals surface area contributed by atoms with Gasteiger partial charge in [-0.3, -0.25) is 9.69 Å². The maximum absolute atomic E-state index is 13.1. The van der Waals surface area contributed by atoms with E-state index in [0.717, 1.165) is 29.0 Å². The van der Waals surface area contributed by atoms with E-state index < -0.39 is 6.23 Å². The van der Waals surface area contributed by atoms with Crippen LogP contribution in [0, 0.1) is 0 Å². The molecule has 1 atom stereocenters. The van der Waals surface area contributed by atoms with Crippen molar-refractivity contribution < 1.29 is 9.53 Å². The van der Waals surface area contributed by atoms with Gasteiger partial charge in [0.1, 0.15) is 0 Å². The summed E-state index contributed by atoms with van der Waals surface area (Å²) in [5.41, 5.74) is 3.04. The van der Waals surface area contributed by atoms with Crippen LogP contribution in [0.1, 0.15) is 38.5 Å². The molecule has 1 unspecified atom stereocenters. The molecule has 0 aliphatic carbocycles. The molecule has 1 aromatic carbocycles. The molecule has 0 N–H and O–H groups in total. The molecule has 0 bridgehead atoms. The quantitative estimate of drug-likeness (QED) is 0.553. The van der Waals surface area contributed by atoms with Crippen LogP contribution >= 0.6 is 23.1 Å². The lowest BCUT2D eigenvalue weighted by molar-refractivity contribution is -0.120. The zero-order valence-electron chi connectivity index (χ0n) is 15.7. The standard InChI is InChI=1S/C20H20N4O2S2/c1-3-7-16(25)24-15-9-6-5-8-14(15)17-18(21-20(23-22-17)28-4-2)26-19(24)13-10-11-27-12-13/h5-6,8-12,19H,3-4,7H2,1-2H3. The van der Waals surface area contributed by atoms with E-state index in [0.29, 0.717) is 23.2 Å². The minimum absolute atomic E-state index is 0.00933. The van der Waals surface area contributed by atoms with Gasteiger partial charge in [0.05, 0.1) is 5.69 Å². The van der Waals surface area contributed by atoms with Crippen molar-refractivity contribution in [2.75, 3.05) is 10.7 Å². The fraction of sp³-hybridized carbons (Fsp3) is 0.300. The number of benzene rings is 1. The van der Waals surface area contributed by atoms with Crippen LogP contribution in [0.25, 0.3) is 11.3 Å². The first-order valence-electron chi connectivity index (χ1n) is 9.20. The number of hydrogen-bond acceptors (Lipinski definition) is 7. The number of amides is 1.